The second-order valence-electron chi connectivity index (χ2n) is 10.9. The molecule has 0 aromatic heterocycles. The van der Waals surface area contributed by atoms with Crippen LogP contribution in [-0.4, -0.2) is 36.6 Å². The molecular weight excluding hydrogens is 394 g/mol. The Hall–Kier alpha value is -0.570. The van der Waals surface area contributed by atoms with E-state index < -0.39 is 11.5 Å². The number of carbonyl (C=O) groups is 1. The predicted molar refractivity (Wildman–Crippen MR) is 139 cm³/mol. The maximum atomic E-state index is 12.7. The first-order valence-electron chi connectivity index (χ1n) is 14.4. The van der Waals surface area contributed by atoms with Gasteiger partial charge in [0.15, 0.2) is 0 Å². The van der Waals surface area contributed by atoms with Crippen molar-refractivity contribution in [3.05, 3.63) is 0 Å². The summed E-state index contributed by atoms with van der Waals surface area (Å²) in [5.41, 5.74) is -0.724. The fourth-order valence-electron chi connectivity index (χ4n) is 5.26. The van der Waals surface area contributed by atoms with E-state index in [1.165, 1.54) is 89.9 Å². The highest BCUT2D eigenvalue weighted by Crippen LogP contribution is 2.34. The van der Waals surface area contributed by atoms with E-state index in [-0.39, 0.29) is 0 Å². The number of carbonyl (C=O) groups excluding carboxylic acids is 1. The van der Waals surface area contributed by atoms with E-state index in [9.17, 15) is 9.90 Å². The summed E-state index contributed by atoms with van der Waals surface area (Å²) in [5.74, 6) is -0.799. The van der Waals surface area contributed by atoms with Gasteiger partial charge in [-0.15, -0.1) is 0 Å². The molecule has 0 amide bonds. The number of hydrogen-bond acceptors (Lipinski definition) is 2. The number of carboxylic acids is 1. The Morgan fingerprint density at radius 1 is 0.562 bits per heavy atom. The van der Waals surface area contributed by atoms with Crippen LogP contribution in [0, 0.1) is 0 Å². The number of rotatable bonds is 24. The summed E-state index contributed by atoms with van der Waals surface area (Å²) in [6.07, 6.45) is 25.0. The minimum atomic E-state index is -0.799. The second-order valence-corrected chi connectivity index (χ2v) is 10.9. The molecule has 0 bridgehead atoms. The predicted octanol–water partition coefficient (Wildman–Crippen LogP) is 7.80. The number of quaternary nitrogens is 1. The van der Waals surface area contributed by atoms with E-state index in [4.69, 9.17) is 0 Å². The van der Waals surface area contributed by atoms with Crippen molar-refractivity contribution < 1.29 is 14.4 Å². The molecule has 0 heterocycles. The Balaban J connectivity index is 4.91. The molecule has 0 aromatic rings. The van der Waals surface area contributed by atoms with Crippen LogP contribution >= 0.6 is 0 Å². The summed E-state index contributed by atoms with van der Waals surface area (Å²) in [6.45, 7) is 7.69. The number of likely N-dealkylation sites (N-methyl/N-ethyl adjacent to an activating group) is 1. The number of aliphatic carboxylic acids is 1. The van der Waals surface area contributed by atoms with Gasteiger partial charge in [-0.1, -0.05) is 117 Å². The van der Waals surface area contributed by atoms with Crippen LogP contribution in [0.15, 0.2) is 0 Å². The number of carboxylic acid groups (broad SMARTS) is 1. The SMILES string of the molecule is CCCCCCCCC[N+](C)(C)C(CCCCCCCC)(CCCCCCCC)C(=O)[O-]. The molecule has 0 spiro atoms. The fourth-order valence-corrected chi connectivity index (χ4v) is 5.26. The van der Waals surface area contributed by atoms with Gasteiger partial charge in [-0.05, 0) is 25.7 Å². The summed E-state index contributed by atoms with van der Waals surface area (Å²) < 4.78 is 0.591. The fraction of sp³-hybridized carbons (Fsp3) is 0.966. The molecular formula is C29H59NO2. The van der Waals surface area contributed by atoms with Gasteiger partial charge in [0.2, 0.25) is 0 Å². The minimum absolute atomic E-state index is 0.591. The molecule has 0 aliphatic heterocycles. The van der Waals surface area contributed by atoms with Crippen molar-refractivity contribution in [3.8, 4) is 0 Å². The zero-order valence-corrected chi connectivity index (χ0v) is 22.8. The van der Waals surface area contributed by atoms with Crippen LogP contribution < -0.4 is 5.11 Å². The quantitative estimate of drug-likeness (QED) is 0.110. The zero-order chi connectivity index (χ0) is 24.1. The highest BCUT2D eigenvalue weighted by molar-refractivity contribution is 5.75. The molecule has 3 nitrogen and oxygen atoms in total. The van der Waals surface area contributed by atoms with Gasteiger partial charge >= 0.3 is 0 Å². The lowest BCUT2D eigenvalue weighted by Crippen LogP contribution is -2.68. The van der Waals surface area contributed by atoms with Crippen molar-refractivity contribution in [3.63, 3.8) is 0 Å². The van der Waals surface area contributed by atoms with Crippen LogP contribution in [-0.2, 0) is 4.79 Å². The third-order valence-electron chi connectivity index (χ3n) is 7.75. The Morgan fingerprint density at radius 2 is 0.875 bits per heavy atom. The molecule has 0 rings (SSSR count). The lowest BCUT2D eigenvalue weighted by molar-refractivity contribution is -0.935. The molecule has 0 saturated heterocycles. The van der Waals surface area contributed by atoms with Crippen molar-refractivity contribution in [2.75, 3.05) is 20.6 Å². The van der Waals surface area contributed by atoms with Gasteiger partial charge in [0.25, 0.3) is 0 Å². The third-order valence-corrected chi connectivity index (χ3v) is 7.75. The van der Waals surface area contributed by atoms with Crippen molar-refractivity contribution in [2.24, 2.45) is 0 Å². The molecule has 3 heteroatoms. The molecule has 0 atom stereocenters. The van der Waals surface area contributed by atoms with E-state index in [0.29, 0.717) is 4.48 Å². The largest absolute Gasteiger partial charge is 0.544 e. The molecule has 0 fully saturated rings. The molecule has 0 saturated carbocycles. The molecule has 0 aliphatic rings. The molecule has 0 aromatic carbocycles. The maximum absolute atomic E-state index is 12.7. The molecule has 0 N–H and O–H groups in total. The summed E-state index contributed by atoms with van der Waals surface area (Å²) in [7, 11) is 4.34. The number of hydrogen-bond donors (Lipinski definition) is 0. The Kier molecular flexibility index (Phi) is 19.5. The first kappa shape index (κ1) is 31.4. The zero-order valence-electron chi connectivity index (χ0n) is 22.8. The van der Waals surface area contributed by atoms with Crippen molar-refractivity contribution in [1.29, 1.82) is 0 Å². The molecule has 32 heavy (non-hydrogen) atoms. The van der Waals surface area contributed by atoms with Crippen LogP contribution in [0.5, 0.6) is 0 Å². The first-order valence-corrected chi connectivity index (χ1v) is 14.4. The third kappa shape index (κ3) is 13.2. The van der Waals surface area contributed by atoms with E-state index in [0.717, 1.165) is 51.5 Å². The molecule has 0 aliphatic carbocycles. The Bertz CT molecular complexity index is 417. The van der Waals surface area contributed by atoms with Gasteiger partial charge in [-0.25, -0.2) is 0 Å². The van der Waals surface area contributed by atoms with Crippen LogP contribution in [0.25, 0.3) is 0 Å². The van der Waals surface area contributed by atoms with E-state index in [1.54, 1.807) is 0 Å². The van der Waals surface area contributed by atoms with Crippen LogP contribution in [0.4, 0.5) is 0 Å². The van der Waals surface area contributed by atoms with Crippen LogP contribution in [0.3, 0.4) is 0 Å². The maximum Gasteiger partial charge on any atom is 0.139 e. The molecule has 0 radical (unpaired) electrons. The van der Waals surface area contributed by atoms with Gasteiger partial charge in [-0.3, -0.25) is 0 Å². The molecule has 192 valence electrons. The average molecular weight is 454 g/mol. The van der Waals surface area contributed by atoms with Crippen molar-refractivity contribution in [1.82, 2.24) is 0 Å². The van der Waals surface area contributed by atoms with Gasteiger partial charge in [0.05, 0.1) is 20.6 Å². The normalized spacial score (nSPS) is 12.4. The monoisotopic (exact) mass is 453 g/mol. The van der Waals surface area contributed by atoms with Crippen molar-refractivity contribution >= 4 is 5.97 Å². The van der Waals surface area contributed by atoms with Gasteiger partial charge in [0, 0.05) is 12.8 Å². The minimum Gasteiger partial charge on any atom is -0.544 e. The Labute approximate surface area is 202 Å². The summed E-state index contributed by atoms with van der Waals surface area (Å²) in [5, 5.41) is 12.7. The van der Waals surface area contributed by atoms with Gasteiger partial charge in [0.1, 0.15) is 11.5 Å². The van der Waals surface area contributed by atoms with Gasteiger partial charge < -0.3 is 14.4 Å². The highest BCUT2D eigenvalue weighted by atomic mass is 16.4. The summed E-state index contributed by atoms with van der Waals surface area (Å²) >= 11 is 0. The van der Waals surface area contributed by atoms with Crippen LogP contribution in [0.1, 0.15) is 156 Å². The summed E-state index contributed by atoms with van der Waals surface area (Å²) in [6, 6.07) is 0. The topological polar surface area (TPSA) is 40.1 Å². The van der Waals surface area contributed by atoms with Gasteiger partial charge in [-0.2, -0.15) is 0 Å². The van der Waals surface area contributed by atoms with E-state index in [2.05, 4.69) is 34.9 Å². The summed E-state index contributed by atoms with van der Waals surface area (Å²) in [4.78, 5) is 12.7. The lowest BCUT2D eigenvalue weighted by Gasteiger charge is -2.50. The first-order chi connectivity index (χ1) is 15.4. The Morgan fingerprint density at radius 3 is 1.22 bits per heavy atom. The second kappa shape index (κ2) is 19.9. The average Bonchev–Trinajstić information content (AvgIpc) is 2.76. The highest BCUT2D eigenvalue weighted by Gasteiger charge is 2.45. The smallest absolute Gasteiger partial charge is 0.139 e. The lowest BCUT2D eigenvalue weighted by atomic mass is 9.82. The van der Waals surface area contributed by atoms with Crippen LogP contribution in [0.2, 0.25) is 0 Å². The van der Waals surface area contributed by atoms with E-state index >= 15 is 0 Å². The van der Waals surface area contributed by atoms with Crippen molar-refractivity contribution in [2.45, 2.75) is 161 Å². The molecule has 0 unspecified atom stereocenters. The number of unbranched alkanes of at least 4 members (excludes halogenated alkanes) is 16. The van der Waals surface area contributed by atoms with E-state index in [1.807, 2.05) is 0 Å². The number of nitrogens with zero attached hydrogens (tertiary/aromatic N) is 1. The standard InChI is InChI=1S/C29H59NO2/c1-6-9-12-15-18-21-24-27-30(4,5)29(28(31)32,25-22-19-16-13-10-7-2)26-23-20-17-14-11-8-3/h6-27H2,1-5H3.